The minimum Gasteiger partial charge on any atom is -0.389 e. The highest BCUT2D eigenvalue weighted by atomic mass is 16.3. The molecule has 0 aromatic carbocycles. The fraction of sp³-hybridized carbons (Fsp3) is 0.812. The highest BCUT2D eigenvalue weighted by Crippen LogP contribution is 2.28. The van der Waals surface area contributed by atoms with Gasteiger partial charge in [0, 0.05) is 30.4 Å². The lowest BCUT2D eigenvalue weighted by atomic mass is 9.84. The van der Waals surface area contributed by atoms with Crippen molar-refractivity contribution in [3.63, 3.8) is 0 Å². The van der Waals surface area contributed by atoms with Gasteiger partial charge in [-0.05, 0) is 40.5 Å². The van der Waals surface area contributed by atoms with E-state index in [0.717, 1.165) is 37.9 Å². The van der Waals surface area contributed by atoms with Crippen LogP contribution in [0.4, 0.5) is 0 Å². The van der Waals surface area contributed by atoms with E-state index in [2.05, 4.69) is 42.8 Å². The Morgan fingerprint density at radius 2 is 1.95 bits per heavy atom. The lowest BCUT2D eigenvalue weighted by Crippen LogP contribution is -2.43. The maximum Gasteiger partial charge on any atom is 0.0771 e. The van der Waals surface area contributed by atoms with E-state index in [1.54, 1.807) is 0 Å². The zero-order valence-electron chi connectivity index (χ0n) is 13.4. The molecule has 1 aromatic rings. The van der Waals surface area contributed by atoms with Gasteiger partial charge in [-0.15, -0.1) is 0 Å². The zero-order chi connectivity index (χ0) is 14.8. The molecule has 1 saturated carbocycles. The minimum atomic E-state index is -0.505. The average molecular weight is 279 g/mol. The van der Waals surface area contributed by atoms with Crippen LogP contribution in [0.5, 0.6) is 0 Å². The van der Waals surface area contributed by atoms with E-state index in [-0.39, 0.29) is 6.04 Å². The van der Waals surface area contributed by atoms with Gasteiger partial charge in [0.15, 0.2) is 0 Å². The lowest BCUT2D eigenvalue weighted by molar-refractivity contribution is 0.00297. The van der Waals surface area contributed by atoms with Crippen LogP contribution in [-0.2, 0) is 6.54 Å². The number of hydrogen-bond acceptors (Lipinski definition) is 3. The van der Waals surface area contributed by atoms with E-state index < -0.39 is 5.60 Å². The van der Waals surface area contributed by atoms with Crippen LogP contribution in [0.3, 0.4) is 0 Å². The van der Waals surface area contributed by atoms with Crippen LogP contribution in [0.1, 0.15) is 68.9 Å². The Hall–Kier alpha value is -0.870. The molecular formula is C16H29N3O. The van der Waals surface area contributed by atoms with E-state index in [9.17, 15) is 5.11 Å². The summed E-state index contributed by atoms with van der Waals surface area (Å²) in [7, 11) is 0. The summed E-state index contributed by atoms with van der Waals surface area (Å²) >= 11 is 0. The number of hydrogen-bond donors (Lipinski definition) is 2. The van der Waals surface area contributed by atoms with Gasteiger partial charge in [-0.1, -0.05) is 19.3 Å². The fourth-order valence-electron chi connectivity index (χ4n) is 3.48. The van der Waals surface area contributed by atoms with Crippen molar-refractivity contribution in [3.05, 3.63) is 17.0 Å². The second-order valence-corrected chi connectivity index (χ2v) is 6.29. The highest BCUT2D eigenvalue weighted by molar-refractivity contribution is 5.27. The molecule has 20 heavy (non-hydrogen) atoms. The summed E-state index contributed by atoms with van der Waals surface area (Å²) in [5.41, 5.74) is 3.11. The first-order chi connectivity index (χ1) is 9.47. The molecule has 0 bridgehead atoms. The van der Waals surface area contributed by atoms with Crippen molar-refractivity contribution in [1.29, 1.82) is 0 Å². The van der Waals surface area contributed by atoms with Crippen molar-refractivity contribution in [2.45, 2.75) is 78.0 Å². The summed E-state index contributed by atoms with van der Waals surface area (Å²) in [5.74, 6) is 0. The van der Waals surface area contributed by atoms with Crippen molar-refractivity contribution in [2.24, 2.45) is 0 Å². The van der Waals surface area contributed by atoms with Gasteiger partial charge < -0.3 is 10.4 Å². The number of nitrogens with zero attached hydrogens (tertiary/aromatic N) is 2. The molecular weight excluding hydrogens is 250 g/mol. The fourth-order valence-corrected chi connectivity index (χ4v) is 3.48. The molecule has 1 unspecified atom stereocenters. The number of nitrogens with one attached hydrogen (secondary N) is 1. The Balaban J connectivity index is 2.01. The zero-order valence-corrected chi connectivity index (χ0v) is 13.4. The van der Waals surface area contributed by atoms with Crippen LogP contribution >= 0.6 is 0 Å². The van der Waals surface area contributed by atoms with Gasteiger partial charge in [0.25, 0.3) is 0 Å². The molecule has 0 amide bonds. The predicted octanol–water partition coefficient (Wildman–Crippen LogP) is 2.87. The molecule has 1 aromatic heterocycles. The van der Waals surface area contributed by atoms with Gasteiger partial charge >= 0.3 is 0 Å². The van der Waals surface area contributed by atoms with E-state index in [1.165, 1.54) is 17.7 Å². The molecule has 2 rings (SSSR count). The Morgan fingerprint density at radius 3 is 2.50 bits per heavy atom. The largest absolute Gasteiger partial charge is 0.389 e. The Kier molecular flexibility index (Phi) is 4.86. The van der Waals surface area contributed by atoms with Crippen molar-refractivity contribution in [2.75, 3.05) is 6.54 Å². The van der Waals surface area contributed by atoms with Crippen LogP contribution in [0.25, 0.3) is 0 Å². The van der Waals surface area contributed by atoms with Crippen LogP contribution in [0.15, 0.2) is 0 Å². The van der Waals surface area contributed by atoms with Gasteiger partial charge in [0.05, 0.1) is 11.3 Å². The summed E-state index contributed by atoms with van der Waals surface area (Å²) in [5, 5.41) is 18.7. The molecule has 1 atom stereocenters. The summed E-state index contributed by atoms with van der Waals surface area (Å²) in [6, 6.07) is 0.237. The highest BCUT2D eigenvalue weighted by Gasteiger charge is 2.29. The topological polar surface area (TPSA) is 50.1 Å². The average Bonchev–Trinajstić information content (AvgIpc) is 2.72. The summed E-state index contributed by atoms with van der Waals surface area (Å²) in [6.45, 7) is 10.1. The standard InChI is InChI=1S/C16H29N3O/c1-5-19-14(4)15(13(3)18-19)12(2)17-11-16(20)9-7-6-8-10-16/h12,17,20H,5-11H2,1-4H3. The van der Waals surface area contributed by atoms with Crippen LogP contribution in [0.2, 0.25) is 0 Å². The molecule has 0 radical (unpaired) electrons. The molecule has 0 saturated heterocycles. The monoisotopic (exact) mass is 279 g/mol. The van der Waals surface area contributed by atoms with E-state index in [4.69, 9.17) is 0 Å². The van der Waals surface area contributed by atoms with Crippen molar-refractivity contribution < 1.29 is 5.11 Å². The van der Waals surface area contributed by atoms with Crippen LogP contribution in [0, 0.1) is 13.8 Å². The first-order valence-corrected chi connectivity index (χ1v) is 7.96. The van der Waals surface area contributed by atoms with Gasteiger partial charge in [0.1, 0.15) is 0 Å². The number of aromatic nitrogens is 2. The van der Waals surface area contributed by atoms with Crippen LogP contribution in [-0.4, -0.2) is 27.0 Å². The molecule has 2 N–H and O–H groups in total. The second kappa shape index (κ2) is 6.27. The summed E-state index contributed by atoms with van der Waals surface area (Å²) < 4.78 is 2.05. The normalized spacial score (nSPS) is 20.1. The van der Waals surface area contributed by atoms with E-state index in [1.807, 2.05) is 0 Å². The van der Waals surface area contributed by atoms with E-state index in [0.29, 0.717) is 6.54 Å². The third-order valence-electron chi connectivity index (χ3n) is 4.69. The molecule has 1 fully saturated rings. The molecule has 0 spiro atoms. The third-order valence-corrected chi connectivity index (χ3v) is 4.69. The smallest absolute Gasteiger partial charge is 0.0771 e. The van der Waals surface area contributed by atoms with Crippen molar-refractivity contribution in [1.82, 2.24) is 15.1 Å². The summed E-state index contributed by atoms with van der Waals surface area (Å²) in [4.78, 5) is 0. The Bertz CT molecular complexity index is 447. The second-order valence-electron chi connectivity index (χ2n) is 6.29. The maximum absolute atomic E-state index is 10.6. The quantitative estimate of drug-likeness (QED) is 0.871. The third kappa shape index (κ3) is 3.23. The Morgan fingerprint density at radius 1 is 1.30 bits per heavy atom. The maximum atomic E-state index is 10.6. The first kappa shape index (κ1) is 15.5. The molecule has 1 heterocycles. The molecule has 114 valence electrons. The number of rotatable bonds is 5. The molecule has 1 aliphatic rings. The Labute approximate surface area is 122 Å². The van der Waals surface area contributed by atoms with Gasteiger partial charge in [-0.2, -0.15) is 5.10 Å². The molecule has 0 aliphatic heterocycles. The minimum absolute atomic E-state index is 0.237. The molecule has 4 heteroatoms. The van der Waals surface area contributed by atoms with Crippen molar-refractivity contribution >= 4 is 0 Å². The number of aliphatic hydroxyl groups is 1. The van der Waals surface area contributed by atoms with Gasteiger partial charge in [-0.25, -0.2) is 0 Å². The first-order valence-electron chi connectivity index (χ1n) is 7.96. The molecule has 4 nitrogen and oxygen atoms in total. The van der Waals surface area contributed by atoms with Crippen LogP contribution < -0.4 is 5.32 Å². The van der Waals surface area contributed by atoms with Gasteiger partial charge in [0.2, 0.25) is 0 Å². The number of aryl methyl sites for hydroxylation is 2. The SMILES string of the molecule is CCn1nc(C)c(C(C)NCC2(O)CCCCC2)c1C. The van der Waals surface area contributed by atoms with Gasteiger partial charge in [-0.3, -0.25) is 4.68 Å². The van der Waals surface area contributed by atoms with Crippen molar-refractivity contribution in [3.8, 4) is 0 Å². The lowest BCUT2D eigenvalue weighted by Gasteiger charge is -2.33. The summed E-state index contributed by atoms with van der Waals surface area (Å²) in [6.07, 6.45) is 5.42. The predicted molar refractivity (Wildman–Crippen MR) is 81.8 cm³/mol. The molecule has 1 aliphatic carbocycles. The van der Waals surface area contributed by atoms with E-state index >= 15 is 0 Å².